The maximum Gasteiger partial charge on any atom is 0.353 e. The molecule has 0 unspecified atom stereocenters. The molecule has 2 aromatic heterocycles. The number of nitrogens with zero attached hydrogens (tertiary/aromatic N) is 4. The molecule has 0 aliphatic carbocycles. The lowest BCUT2D eigenvalue weighted by atomic mass is 10.2. The molecule has 1 N–H and O–H groups in total. The molecule has 0 radical (unpaired) electrons. The van der Waals surface area contributed by atoms with E-state index >= 15 is 0 Å². The Labute approximate surface area is 131 Å². The summed E-state index contributed by atoms with van der Waals surface area (Å²) in [4.78, 5) is 14.7. The van der Waals surface area contributed by atoms with E-state index in [1.54, 1.807) is 6.92 Å². The summed E-state index contributed by atoms with van der Waals surface area (Å²) in [6, 6.07) is 1.24. The number of aliphatic hydroxyl groups is 1. The van der Waals surface area contributed by atoms with Crippen LogP contribution in [0.3, 0.4) is 0 Å². The summed E-state index contributed by atoms with van der Waals surface area (Å²) in [6.07, 6.45) is 0.322. The molecule has 0 fully saturated rings. The molecule has 0 bridgehead atoms. The van der Waals surface area contributed by atoms with Crippen molar-refractivity contribution >= 4 is 5.69 Å². The van der Waals surface area contributed by atoms with E-state index in [1.165, 1.54) is 24.6 Å². The molecule has 0 aliphatic rings. The topological polar surface area (TPSA) is 103 Å². The fraction of sp³-hybridized carbons (Fsp3) is 0.429. The summed E-state index contributed by atoms with van der Waals surface area (Å²) in [7, 11) is 0. The minimum absolute atomic E-state index is 0.0906. The third-order valence-corrected chi connectivity index (χ3v) is 3.32. The molecule has 2 rings (SSSR count). The van der Waals surface area contributed by atoms with Crippen molar-refractivity contribution in [1.29, 1.82) is 0 Å². The van der Waals surface area contributed by atoms with Gasteiger partial charge in [-0.3, -0.25) is 15.1 Å². The number of aryl methyl sites for hydroxylation is 2. The first kappa shape index (κ1) is 16.8. The number of aliphatic hydroxyl groups excluding tert-OH is 1. The predicted molar refractivity (Wildman–Crippen MR) is 79.4 cm³/mol. The zero-order valence-electron chi connectivity index (χ0n) is 13.0. The highest BCUT2D eigenvalue weighted by atomic mass is 19.1. The first-order chi connectivity index (χ1) is 10.9. The lowest BCUT2D eigenvalue weighted by molar-refractivity contribution is -0.386. The third-order valence-electron chi connectivity index (χ3n) is 3.32. The highest BCUT2D eigenvalue weighted by Crippen LogP contribution is 2.32. The Balaban J connectivity index is 2.53. The van der Waals surface area contributed by atoms with Gasteiger partial charge in [0.15, 0.2) is 0 Å². The van der Waals surface area contributed by atoms with Gasteiger partial charge in [0.1, 0.15) is 11.5 Å². The van der Waals surface area contributed by atoms with E-state index in [1.807, 2.05) is 0 Å². The van der Waals surface area contributed by atoms with Crippen LogP contribution < -0.4 is 4.74 Å². The molecule has 124 valence electrons. The molecule has 0 aliphatic heterocycles. The zero-order chi connectivity index (χ0) is 17.1. The fourth-order valence-corrected chi connectivity index (χ4v) is 2.15. The van der Waals surface area contributed by atoms with Gasteiger partial charge in [0.05, 0.1) is 28.6 Å². The summed E-state index contributed by atoms with van der Waals surface area (Å²) < 4.78 is 20.3. The summed E-state index contributed by atoms with van der Waals surface area (Å²) in [6.45, 7) is 4.70. The van der Waals surface area contributed by atoms with Gasteiger partial charge in [0, 0.05) is 19.1 Å². The first-order valence-electron chi connectivity index (χ1n) is 6.98. The molecular formula is C14H17FN4O4. The molecule has 0 spiro atoms. The van der Waals surface area contributed by atoms with Gasteiger partial charge in [0.25, 0.3) is 0 Å². The monoisotopic (exact) mass is 324 g/mol. The van der Waals surface area contributed by atoms with Gasteiger partial charge in [-0.1, -0.05) is 0 Å². The normalized spacial score (nSPS) is 10.8. The van der Waals surface area contributed by atoms with Gasteiger partial charge < -0.3 is 9.84 Å². The second kappa shape index (κ2) is 6.69. The average Bonchev–Trinajstić information content (AvgIpc) is 2.80. The van der Waals surface area contributed by atoms with Gasteiger partial charge in [-0.15, -0.1) is 5.10 Å². The van der Waals surface area contributed by atoms with Crippen molar-refractivity contribution in [2.45, 2.75) is 27.2 Å². The Morgan fingerprint density at radius 1 is 1.39 bits per heavy atom. The van der Waals surface area contributed by atoms with Gasteiger partial charge in [-0.25, -0.2) is 9.07 Å². The van der Waals surface area contributed by atoms with Gasteiger partial charge >= 0.3 is 11.6 Å². The molecule has 8 nitrogen and oxygen atoms in total. The molecule has 0 aromatic carbocycles. The lowest BCUT2D eigenvalue weighted by Gasteiger charge is -2.08. The Hall–Kier alpha value is -2.55. The smallest absolute Gasteiger partial charge is 0.353 e. The minimum Gasteiger partial charge on any atom is -0.472 e. The molecule has 0 saturated heterocycles. The second-order valence-corrected chi connectivity index (χ2v) is 4.99. The predicted octanol–water partition coefficient (Wildman–Crippen LogP) is 2.00. The molecule has 0 amide bonds. The van der Waals surface area contributed by atoms with E-state index in [0.717, 1.165) is 0 Å². The summed E-state index contributed by atoms with van der Waals surface area (Å²) in [5.74, 6) is -0.688. The molecule has 2 heterocycles. The van der Waals surface area contributed by atoms with Crippen molar-refractivity contribution in [2.75, 3.05) is 13.2 Å². The second-order valence-electron chi connectivity index (χ2n) is 4.99. The van der Waals surface area contributed by atoms with Gasteiger partial charge in [0.2, 0.25) is 0 Å². The van der Waals surface area contributed by atoms with Crippen LogP contribution in [0.1, 0.15) is 23.5 Å². The van der Waals surface area contributed by atoms with E-state index in [2.05, 4.69) is 10.1 Å². The zero-order valence-corrected chi connectivity index (χ0v) is 13.0. The maximum atomic E-state index is 13.8. The largest absolute Gasteiger partial charge is 0.472 e. The van der Waals surface area contributed by atoms with Crippen molar-refractivity contribution in [3.05, 3.63) is 39.1 Å². The minimum atomic E-state index is -0.597. The van der Waals surface area contributed by atoms with Crippen LogP contribution in [0.2, 0.25) is 0 Å². The number of rotatable bonds is 6. The number of pyridine rings is 1. The van der Waals surface area contributed by atoms with E-state index in [-0.39, 0.29) is 36.2 Å². The van der Waals surface area contributed by atoms with Crippen molar-refractivity contribution in [1.82, 2.24) is 14.8 Å². The first-order valence-corrected chi connectivity index (χ1v) is 6.98. The van der Waals surface area contributed by atoms with Crippen LogP contribution in [-0.4, -0.2) is 38.0 Å². The Morgan fingerprint density at radius 3 is 2.70 bits per heavy atom. The molecular weight excluding hydrogens is 307 g/mol. The van der Waals surface area contributed by atoms with Crippen molar-refractivity contribution in [2.24, 2.45) is 0 Å². The molecule has 23 heavy (non-hydrogen) atoms. The van der Waals surface area contributed by atoms with Gasteiger partial charge in [-0.2, -0.15) is 0 Å². The Kier molecular flexibility index (Phi) is 4.89. The van der Waals surface area contributed by atoms with Crippen molar-refractivity contribution < 1.29 is 19.2 Å². The van der Waals surface area contributed by atoms with Crippen molar-refractivity contribution in [3.63, 3.8) is 0 Å². The molecule has 0 atom stereocenters. The standard InChI is InChI=1S/C14H17FN4O4/c1-8-11(15)7-12(9(2)16-8)18-10(3)13(19(21)22)14(17-18)23-6-4-5-20/h7,20H,4-6H2,1-3H3. The van der Waals surface area contributed by atoms with Crippen LogP contribution in [0, 0.1) is 36.7 Å². The van der Waals surface area contributed by atoms with Crippen LogP contribution in [-0.2, 0) is 0 Å². The van der Waals surface area contributed by atoms with E-state index < -0.39 is 10.7 Å². The van der Waals surface area contributed by atoms with Crippen LogP contribution in [0.4, 0.5) is 10.1 Å². The molecule has 0 saturated carbocycles. The molecule has 9 heteroatoms. The Bertz CT molecular complexity index is 745. The summed E-state index contributed by atoms with van der Waals surface area (Å²) in [5.41, 5.74) is 0.965. The van der Waals surface area contributed by atoms with Crippen LogP contribution in [0.5, 0.6) is 5.88 Å². The highest BCUT2D eigenvalue weighted by Gasteiger charge is 2.28. The quantitative estimate of drug-likeness (QED) is 0.495. The SMILES string of the molecule is Cc1nc(C)c(-n2nc(OCCCO)c([N+](=O)[O-])c2C)cc1F. The van der Waals surface area contributed by atoms with E-state index in [4.69, 9.17) is 9.84 Å². The summed E-state index contributed by atoms with van der Waals surface area (Å²) in [5, 5.41) is 24.1. The number of hydrogen-bond acceptors (Lipinski definition) is 6. The molecule has 2 aromatic rings. The lowest BCUT2D eigenvalue weighted by Crippen LogP contribution is -2.06. The van der Waals surface area contributed by atoms with Gasteiger partial charge in [-0.05, 0) is 20.8 Å². The third kappa shape index (κ3) is 3.29. The van der Waals surface area contributed by atoms with E-state index in [0.29, 0.717) is 17.8 Å². The number of ether oxygens (including phenoxy) is 1. The highest BCUT2D eigenvalue weighted by molar-refractivity contribution is 5.50. The maximum absolute atomic E-state index is 13.8. The van der Waals surface area contributed by atoms with Crippen LogP contribution in [0.25, 0.3) is 5.69 Å². The summed E-state index contributed by atoms with van der Waals surface area (Å²) >= 11 is 0. The van der Waals surface area contributed by atoms with Crippen LogP contribution in [0.15, 0.2) is 6.07 Å². The number of halogens is 1. The number of aromatic nitrogens is 3. The fourth-order valence-electron chi connectivity index (χ4n) is 2.15. The Morgan fingerprint density at radius 2 is 2.09 bits per heavy atom. The average molecular weight is 324 g/mol. The van der Waals surface area contributed by atoms with Crippen molar-refractivity contribution in [3.8, 4) is 11.6 Å². The number of nitro groups is 1. The van der Waals surface area contributed by atoms with E-state index in [9.17, 15) is 14.5 Å². The van der Waals surface area contributed by atoms with Crippen LogP contribution >= 0.6 is 0 Å². The number of hydrogen-bond donors (Lipinski definition) is 1.